The van der Waals surface area contributed by atoms with Gasteiger partial charge in [0.2, 0.25) is 0 Å². The summed E-state index contributed by atoms with van der Waals surface area (Å²) in [6, 6.07) is 6.42. The molecule has 0 aliphatic carbocycles. The van der Waals surface area contributed by atoms with Crippen LogP contribution in [-0.2, 0) is 0 Å². The third-order valence-corrected chi connectivity index (χ3v) is 4.04. The second-order valence-electron chi connectivity index (χ2n) is 5.44. The van der Waals surface area contributed by atoms with Gasteiger partial charge in [0, 0.05) is 17.0 Å². The van der Waals surface area contributed by atoms with Crippen molar-refractivity contribution >= 4 is 35.1 Å². The number of aryl methyl sites for hydroxylation is 1. The van der Waals surface area contributed by atoms with Gasteiger partial charge in [-0.1, -0.05) is 43.5 Å². The van der Waals surface area contributed by atoms with Crippen LogP contribution in [-0.4, -0.2) is 22.4 Å². The van der Waals surface area contributed by atoms with E-state index in [1.165, 1.54) is 22.0 Å². The number of fused-ring (bicyclic) bond motifs is 1. The van der Waals surface area contributed by atoms with E-state index in [9.17, 15) is 0 Å². The predicted octanol–water partition coefficient (Wildman–Crippen LogP) is 5.34. The molecule has 2 aromatic rings. The number of rotatable bonds is 5. The van der Waals surface area contributed by atoms with Gasteiger partial charge in [0.15, 0.2) is 0 Å². The molecule has 0 saturated heterocycles. The Morgan fingerprint density at radius 1 is 1.22 bits per heavy atom. The Hall–Kier alpha value is -2.61. The van der Waals surface area contributed by atoms with E-state index in [4.69, 9.17) is 0 Å². The van der Waals surface area contributed by atoms with Crippen molar-refractivity contribution in [3.05, 3.63) is 66.4 Å². The minimum Gasteiger partial charge on any atom is -0.241 e. The van der Waals surface area contributed by atoms with Gasteiger partial charge in [0.25, 0.3) is 5.82 Å². The average Bonchev–Trinajstić information content (AvgIpc) is 2.87. The topological polar surface area (TPSA) is 7.94 Å². The standard InChI is InChI=1S/C21H25N2/c1-7-12-17-18-15-11-14-16(5)21(18)23(19(17)9-3)20(13-8-2)22(6)10-4/h7-15H,2-3H2,1,4-6H3/q+1/b12-7-,20-13+,22-10-. The molecule has 1 heterocycles. The van der Waals surface area contributed by atoms with Crippen LogP contribution in [0.15, 0.2) is 49.6 Å². The molecule has 0 fully saturated rings. The van der Waals surface area contributed by atoms with E-state index < -0.39 is 0 Å². The monoisotopic (exact) mass is 305 g/mol. The first-order valence-corrected chi connectivity index (χ1v) is 7.85. The number of hydrogen-bond acceptors (Lipinski definition) is 0. The molecule has 2 heteroatoms. The lowest BCUT2D eigenvalue weighted by Crippen LogP contribution is -2.13. The molecular formula is C21H25N2+. The largest absolute Gasteiger partial charge is 0.286 e. The van der Waals surface area contributed by atoms with Crippen LogP contribution in [0.2, 0.25) is 0 Å². The van der Waals surface area contributed by atoms with E-state index in [-0.39, 0.29) is 0 Å². The quantitative estimate of drug-likeness (QED) is 0.400. The van der Waals surface area contributed by atoms with Gasteiger partial charge in [0.1, 0.15) is 11.2 Å². The zero-order chi connectivity index (χ0) is 17.0. The number of para-hydroxylation sites is 1. The van der Waals surface area contributed by atoms with E-state index >= 15 is 0 Å². The SMILES string of the molecule is C=C/C=C(n1c(C=C)c(/C=C\C)c2cccc(C)c21)\[N+](C)=C/C. The van der Waals surface area contributed by atoms with Gasteiger partial charge in [0.05, 0.1) is 13.3 Å². The van der Waals surface area contributed by atoms with Crippen LogP contribution in [0, 0.1) is 6.92 Å². The van der Waals surface area contributed by atoms with E-state index in [2.05, 4.69) is 59.6 Å². The molecule has 0 atom stereocenters. The fraction of sp³-hybridized carbons (Fsp3) is 0.190. The number of aromatic nitrogens is 1. The molecule has 2 rings (SSSR count). The zero-order valence-electron chi connectivity index (χ0n) is 14.5. The van der Waals surface area contributed by atoms with E-state index in [0.717, 1.165) is 11.5 Å². The van der Waals surface area contributed by atoms with Crippen LogP contribution in [0.1, 0.15) is 30.7 Å². The van der Waals surface area contributed by atoms with Crippen molar-refractivity contribution in [2.75, 3.05) is 7.05 Å². The van der Waals surface area contributed by atoms with Crippen LogP contribution in [0.5, 0.6) is 0 Å². The molecule has 0 N–H and O–H groups in total. The van der Waals surface area contributed by atoms with Gasteiger partial charge in [-0.15, -0.1) is 0 Å². The van der Waals surface area contributed by atoms with Crippen molar-refractivity contribution in [3.8, 4) is 0 Å². The van der Waals surface area contributed by atoms with Crippen molar-refractivity contribution in [1.82, 2.24) is 4.57 Å². The summed E-state index contributed by atoms with van der Waals surface area (Å²) in [5, 5.41) is 1.23. The molecule has 0 bridgehead atoms. The Morgan fingerprint density at radius 2 is 1.96 bits per heavy atom. The summed E-state index contributed by atoms with van der Waals surface area (Å²) < 4.78 is 4.36. The molecule has 0 unspecified atom stereocenters. The highest BCUT2D eigenvalue weighted by atomic mass is 15.2. The summed E-state index contributed by atoms with van der Waals surface area (Å²) in [5.74, 6) is 1.05. The van der Waals surface area contributed by atoms with Crippen molar-refractivity contribution in [2.24, 2.45) is 0 Å². The van der Waals surface area contributed by atoms with Gasteiger partial charge in [-0.2, -0.15) is 4.57 Å². The maximum atomic E-state index is 4.05. The minimum absolute atomic E-state index is 1.05. The first-order chi connectivity index (χ1) is 11.1. The van der Waals surface area contributed by atoms with Crippen molar-refractivity contribution < 1.29 is 4.58 Å². The van der Waals surface area contributed by atoms with E-state index in [1.54, 1.807) is 0 Å². The highest BCUT2D eigenvalue weighted by molar-refractivity contribution is 5.97. The molecule has 1 aromatic carbocycles. The Kier molecular flexibility index (Phi) is 5.17. The molecule has 23 heavy (non-hydrogen) atoms. The third-order valence-electron chi connectivity index (χ3n) is 4.04. The maximum absolute atomic E-state index is 4.05. The van der Waals surface area contributed by atoms with Crippen LogP contribution in [0.3, 0.4) is 0 Å². The second kappa shape index (κ2) is 7.10. The van der Waals surface area contributed by atoms with Gasteiger partial charge in [-0.3, -0.25) is 0 Å². The lowest BCUT2D eigenvalue weighted by molar-refractivity contribution is -0.398. The van der Waals surface area contributed by atoms with Crippen LogP contribution >= 0.6 is 0 Å². The van der Waals surface area contributed by atoms with Crippen molar-refractivity contribution in [2.45, 2.75) is 20.8 Å². The summed E-state index contributed by atoms with van der Waals surface area (Å²) in [7, 11) is 2.04. The normalized spacial score (nSPS) is 13.0. The average molecular weight is 305 g/mol. The van der Waals surface area contributed by atoms with Crippen molar-refractivity contribution in [1.29, 1.82) is 0 Å². The molecular weight excluding hydrogens is 280 g/mol. The van der Waals surface area contributed by atoms with Crippen LogP contribution in [0.25, 0.3) is 28.9 Å². The molecule has 0 aliphatic rings. The molecule has 0 amide bonds. The van der Waals surface area contributed by atoms with E-state index in [0.29, 0.717) is 0 Å². The second-order valence-corrected chi connectivity index (χ2v) is 5.44. The minimum atomic E-state index is 1.05. The van der Waals surface area contributed by atoms with Crippen LogP contribution < -0.4 is 0 Å². The molecule has 2 nitrogen and oxygen atoms in total. The van der Waals surface area contributed by atoms with Crippen molar-refractivity contribution in [3.63, 3.8) is 0 Å². The number of benzene rings is 1. The van der Waals surface area contributed by atoms with Crippen LogP contribution in [0.4, 0.5) is 0 Å². The number of hydrogen-bond donors (Lipinski definition) is 0. The third kappa shape index (κ3) is 2.85. The Labute approximate surface area is 139 Å². The summed E-state index contributed by atoms with van der Waals surface area (Å²) in [6.45, 7) is 14.1. The highest BCUT2D eigenvalue weighted by Gasteiger charge is 2.24. The van der Waals surface area contributed by atoms with Gasteiger partial charge < -0.3 is 0 Å². The smallest absolute Gasteiger partial charge is 0.241 e. The Bertz CT molecular complexity index is 842. The molecule has 0 radical (unpaired) electrons. The summed E-state index contributed by atoms with van der Waals surface area (Å²) in [4.78, 5) is 0. The Balaban J connectivity index is 3.05. The molecule has 0 spiro atoms. The van der Waals surface area contributed by atoms with Gasteiger partial charge in [-0.25, -0.2) is 4.58 Å². The lowest BCUT2D eigenvalue weighted by atomic mass is 10.1. The van der Waals surface area contributed by atoms with Gasteiger partial charge in [-0.05, 0) is 38.5 Å². The summed E-state index contributed by atoms with van der Waals surface area (Å²) in [5.41, 5.74) is 4.73. The Morgan fingerprint density at radius 3 is 2.52 bits per heavy atom. The number of allylic oxidation sites excluding steroid dienone is 3. The summed E-state index contributed by atoms with van der Waals surface area (Å²) in [6.07, 6.45) is 12.0. The predicted molar refractivity (Wildman–Crippen MR) is 104 cm³/mol. The lowest BCUT2D eigenvalue weighted by Gasteiger charge is -2.08. The maximum Gasteiger partial charge on any atom is 0.286 e. The molecule has 0 aliphatic heterocycles. The molecule has 118 valence electrons. The first-order valence-electron chi connectivity index (χ1n) is 7.85. The van der Waals surface area contributed by atoms with E-state index in [1.807, 2.05) is 45.3 Å². The fourth-order valence-corrected chi connectivity index (χ4v) is 2.92. The fourth-order valence-electron chi connectivity index (χ4n) is 2.92. The zero-order valence-corrected chi connectivity index (χ0v) is 14.5. The van der Waals surface area contributed by atoms with Gasteiger partial charge >= 0.3 is 0 Å². The summed E-state index contributed by atoms with van der Waals surface area (Å²) >= 11 is 0. The first kappa shape index (κ1) is 16.8. The molecule has 1 aromatic heterocycles. The highest BCUT2D eigenvalue weighted by Crippen LogP contribution is 2.33. The molecule has 0 saturated carbocycles. The number of nitrogens with zero attached hydrogens (tertiary/aromatic N) is 2.